The molecule has 1 fully saturated rings. The Labute approximate surface area is 127 Å². The molecule has 1 aliphatic rings. The largest absolute Gasteiger partial charge is 0.377 e. The van der Waals surface area contributed by atoms with Gasteiger partial charge in [0, 0.05) is 31.5 Å². The molecule has 0 bridgehead atoms. The van der Waals surface area contributed by atoms with Crippen LogP contribution in [0, 0.1) is 17.3 Å². The van der Waals surface area contributed by atoms with Crippen LogP contribution in [-0.2, 0) is 9.59 Å². The number of hydrogen-bond donors (Lipinski definition) is 2. The first-order valence-electron chi connectivity index (χ1n) is 7.45. The van der Waals surface area contributed by atoms with Crippen LogP contribution in [0.5, 0.6) is 0 Å². The summed E-state index contributed by atoms with van der Waals surface area (Å²) in [4.78, 5) is 24.8. The fourth-order valence-corrected chi connectivity index (χ4v) is 1.82. The van der Waals surface area contributed by atoms with Crippen molar-refractivity contribution in [1.29, 1.82) is 0 Å². The van der Waals surface area contributed by atoms with E-state index in [1.54, 1.807) is 6.92 Å². The zero-order valence-corrected chi connectivity index (χ0v) is 13.5. The van der Waals surface area contributed by atoms with Gasteiger partial charge in [-0.15, -0.1) is 0 Å². The molecule has 0 aliphatic carbocycles. The fourth-order valence-electron chi connectivity index (χ4n) is 1.82. The van der Waals surface area contributed by atoms with Gasteiger partial charge < -0.3 is 15.3 Å². The summed E-state index contributed by atoms with van der Waals surface area (Å²) >= 11 is 0. The number of likely N-dealkylation sites (tertiary alicyclic amines) is 1. The Bertz CT molecular complexity index is 452. The van der Waals surface area contributed by atoms with Crippen molar-refractivity contribution >= 4 is 11.8 Å². The van der Waals surface area contributed by atoms with Gasteiger partial charge in [0.2, 0.25) is 5.91 Å². The summed E-state index contributed by atoms with van der Waals surface area (Å²) in [7, 11) is 0. The number of aliphatic hydroxyl groups is 1. The van der Waals surface area contributed by atoms with Gasteiger partial charge in [0.1, 0.15) is 5.60 Å². The zero-order valence-electron chi connectivity index (χ0n) is 13.5. The number of nitrogens with one attached hydrogen (secondary N) is 1. The van der Waals surface area contributed by atoms with Crippen LogP contribution in [0.25, 0.3) is 0 Å². The lowest BCUT2D eigenvalue weighted by Crippen LogP contribution is -2.38. The molecule has 2 N–H and O–H groups in total. The molecule has 0 saturated carbocycles. The molecule has 118 valence electrons. The highest BCUT2D eigenvalue weighted by molar-refractivity contribution is 5.93. The summed E-state index contributed by atoms with van der Waals surface area (Å²) in [6.07, 6.45) is 2.28. The molecule has 0 radical (unpaired) electrons. The van der Waals surface area contributed by atoms with Gasteiger partial charge in [0.15, 0.2) is 0 Å². The molecule has 5 nitrogen and oxygen atoms in total. The molecule has 0 aromatic carbocycles. The van der Waals surface area contributed by atoms with Gasteiger partial charge in [-0.3, -0.25) is 9.59 Å². The Morgan fingerprint density at radius 2 is 2.05 bits per heavy atom. The first kappa shape index (κ1) is 17.5. The van der Waals surface area contributed by atoms with Gasteiger partial charge in [-0.05, 0) is 25.7 Å². The van der Waals surface area contributed by atoms with Crippen LogP contribution in [0.4, 0.5) is 0 Å². The van der Waals surface area contributed by atoms with E-state index in [1.807, 2.05) is 25.7 Å². The van der Waals surface area contributed by atoms with Crippen molar-refractivity contribution in [3.63, 3.8) is 0 Å². The summed E-state index contributed by atoms with van der Waals surface area (Å²) < 4.78 is 0. The minimum atomic E-state index is -1.22. The van der Waals surface area contributed by atoms with Gasteiger partial charge in [-0.1, -0.05) is 26.7 Å². The van der Waals surface area contributed by atoms with E-state index in [9.17, 15) is 14.7 Å². The first-order valence-corrected chi connectivity index (χ1v) is 7.45. The predicted octanol–water partition coefficient (Wildman–Crippen LogP) is 0.916. The van der Waals surface area contributed by atoms with Crippen molar-refractivity contribution in [3.8, 4) is 11.8 Å². The lowest BCUT2D eigenvalue weighted by Gasteiger charge is -2.32. The summed E-state index contributed by atoms with van der Waals surface area (Å²) in [6, 6.07) is 0. The van der Waals surface area contributed by atoms with Gasteiger partial charge in [0.25, 0.3) is 5.91 Å². The summed E-state index contributed by atoms with van der Waals surface area (Å²) in [5, 5.41) is 12.8. The van der Waals surface area contributed by atoms with Crippen LogP contribution >= 0.6 is 0 Å². The molecule has 5 heteroatoms. The minimum absolute atomic E-state index is 0.197. The summed E-state index contributed by atoms with van der Waals surface area (Å²) in [5.74, 6) is 4.85. The second-order valence-electron chi connectivity index (χ2n) is 6.67. The third-order valence-electron chi connectivity index (χ3n) is 3.94. The van der Waals surface area contributed by atoms with Crippen molar-refractivity contribution in [2.45, 2.75) is 52.6 Å². The number of hydrogen-bond acceptors (Lipinski definition) is 3. The average molecular weight is 294 g/mol. The smallest absolute Gasteiger partial charge is 0.295 e. The van der Waals surface area contributed by atoms with Gasteiger partial charge in [-0.2, -0.15) is 0 Å². The van der Waals surface area contributed by atoms with Crippen LogP contribution in [0.15, 0.2) is 0 Å². The maximum Gasteiger partial charge on any atom is 0.295 e. The van der Waals surface area contributed by atoms with Gasteiger partial charge in [-0.25, -0.2) is 0 Å². The van der Waals surface area contributed by atoms with Gasteiger partial charge >= 0.3 is 0 Å². The third-order valence-corrected chi connectivity index (χ3v) is 3.94. The van der Waals surface area contributed by atoms with E-state index < -0.39 is 16.9 Å². The third kappa shape index (κ3) is 5.39. The Balaban J connectivity index is 2.30. The van der Waals surface area contributed by atoms with Crippen LogP contribution in [-0.4, -0.2) is 47.1 Å². The van der Waals surface area contributed by atoms with Crippen LogP contribution < -0.4 is 5.32 Å². The van der Waals surface area contributed by atoms with Crippen molar-refractivity contribution in [2.75, 3.05) is 19.6 Å². The van der Waals surface area contributed by atoms with Crippen LogP contribution in [0.3, 0.4) is 0 Å². The molecule has 1 saturated heterocycles. The number of rotatable bonds is 4. The van der Waals surface area contributed by atoms with E-state index in [0.717, 1.165) is 19.4 Å². The number of carbonyl (C=O) groups excluding carboxylic acids is 2. The highest BCUT2D eigenvalue weighted by Gasteiger charge is 2.33. The zero-order chi connectivity index (χ0) is 16.1. The SMILES string of the molecule is CC(C)(C)C(C)(O)C#CC(=O)NCCCN1CCCC1=O. The standard InChI is InChI=1S/C16H26N2O3/c1-15(2,3)16(4,21)9-8-13(19)17-10-6-12-18-11-5-7-14(18)20/h21H,5-7,10-12H2,1-4H3,(H,17,19). The molecule has 21 heavy (non-hydrogen) atoms. The Kier molecular flexibility index (Phi) is 5.79. The van der Waals surface area contributed by atoms with Crippen molar-refractivity contribution in [1.82, 2.24) is 10.2 Å². The number of nitrogens with zero attached hydrogens (tertiary/aromatic N) is 1. The molecular formula is C16H26N2O3. The average Bonchev–Trinajstić information content (AvgIpc) is 2.76. The number of amides is 2. The maximum atomic E-state index is 11.6. The van der Waals surface area contributed by atoms with E-state index in [2.05, 4.69) is 17.2 Å². The van der Waals surface area contributed by atoms with E-state index in [0.29, 0.717) is 19.5 Å². The first-order chi connectivity index (χ1) is 9.63. The highest BCUT2D eigenvalue weighted by atomic mass is 16.3. The van der Waals surface area contributed by atoms with E-state index in [-0.39, 0.29) is 5.91 Å². The summed E-state index contributed by atoms with van der Waals surface area (Å²) in [6.45, 7) is 9.18. The topological polar surface area (TPSA) is 69.6 Å². The molecular weight excluding hydrogens is 268 g/mol. The molecule has 0 spiro atoms. The van der Waals surface area contributed by atoms with Gasteiger partial charge in [0.05, 0.1) is 0 Å². The normalized spacial score (nSPS) is 18.0. The molecule has 0 aromatic heterocycles. The van der Waals surface area contributed by atoms with E-state index >= 15 is 0 Å². The van der Waals surface area contributed by atoms with Crippen molar-refractivity contribution < 1.29 is 14.7 Å². The van der Waals surface area contributed by atoms with E-state index in [1.165, 1.54) is 0 Å². The highest BCUT2D eigenvalue weighted by Crippen LogP contribution is 2.28. The Morgan fingerprint density at radius 1 is 1.38 bits per heavy atom. The van der Waals surface area contributed by atoms with E-state index in [4.69, 9.17) is 0 Å². The molecule has 0 aromatic rings. The molecule has 1 rings (SSSR count). The quantitative estimate of drug-likeness (QED) is 0.598. The lowest BCUT2D eigenvalue weighted by atomic mass is 9.78. The monoisotopic (exact) mass is 294 g/mol. The number of carbonyl (C=O) groups is 2. The fraction of sp³-hybridized carbons (Fsp3) is 0.750. The second kappa shape index (κ2) is 6.95. The Hall–Kier alpha value is -1.54. The van der Waals surface area contributed by atoms with Crippen LogP contribution in [0.2, 0.25) is 0 Å². The molecule has 1 aliphatic heterocycles. The molecule has 2 amide bonds. The molecule has 1 heterocycles. The maximum absolute atomic E-state index is 11.6. The van der Waals surface area contributed by atoms with Crippen LogP contribution in [0.1, 0.15) is 47.0 Å². The molecule has 1 atom stereocenters. The lowest BCUT2D eigenvalue weighted by molar-refractivity contribution is -0.127. The molecule has 1 unspecified atom stereocenters. The van der Waals surface area contributed by atoms with Crippen molar-refractivity contribution in [3.05, 3.63) is 0 Å². The Morgan fingerprint density at radius 3 is 2.57 bits per heavy atom. The summed E-state index contributed by atoms with van der Waals surface area (Å²) in [5.41, 5.74) is -1.64. The second-order valence-corrected chi connectivity index (χ2v) is 6.67. The predicted molar refractivity (Wildman–Crippen MR) is 81.3 cm³/mol. The minimum Gasteiger partial charge on any atom is -0.377 e. The van der Waals surface area contributed by atoms with Crippen molar-refractivity contribution in [2.24, 2.45) is 5.41 Å².